The molecule has 0 aliphatic rings. The molecule has 0 aromatic rings. The summed E-state index contributed by atoms with van der Waals surface area (Å²) < 4.78 is 9.68. The van der Waals surface area contributed by atoms with Gasteiger partial charge in [0.05, 0.1) is 0 Å². The Bertz CT molecular complexity index is 131. The van der Waals surface area contributed by atoms with Gasteiger partial charge < -0.3 is 9.47 Å². The van der Waals surface area contributed by atoms with Crippen molar-refractivity contribution in [2.45, 2.75) is 19.4 Å². The maximum atomic E-state index is 10.6. The van der Waals surface area contributed by atoms with Crippen LogP contribution in [0, 0.1) is 0 Å². The number of hydrogen-bond acceptors (Lipinski definition) is 3. The summed E-state index contributed by atoms with van der Waals surface area (Å²) in [5, 5.41) is 0. The molecule has 0 bridgehead atoms. The second kappa shape index (κ2) is 5.92. The molecule has 3 heteroatoms. The van der Waals surface area contributed by atoms with Gasteiger partial charge in [0.2, 0.25) is 0 Å². The average molecular weight is 158 g/mol. The van der Waals surface area contributed by atoms with Crippen LogP contribution in [-0.4, -0.2) is 25.8 Å². The van der Waals surface area contributed by atoms with Crippen LogP contribution < -0.4 is 0 Å². The van der Waals surface area contributed by atoms with Gasteiger partial charge >= 0.3 is 5.97 Å². The average Bonchev–Trinajstić information content (AvgIpc) is 2.00. The van der Waals surface area contributed by atoms with E-state index >= 15 is 0 Å². The minimum Gasteiger partial charge on any atom is -0.459 e. The molecule has 0 aliphatic heterocycles. The molecule has 0 amide bonds. The van der Waals surface area contributed by atoms with Crippen molar-refractivity contribution in [2.75, 3.05) is 13.7 Å². The molecule has 0 saturated heterocycles. The number of esters is 1. The first-order chi connectivity index (χ1) is 5.20. The molecule has 0 aromatic carbocycles. The molecule has 0 aliphatic carbocycles. The fraction of sp³-hybridized carbons (Fsp3) is 0.625. The van der Waals surface area contributed by atoms with Crippen LogP contribution >= 0.6 is 0 Å². The van der Waals surface area contributed by atoms with Gasteiger partial charge in [-0.25, -0.2) is 4.79 Å². The SMILES string of the molecule is C=CC(=O)OC(C)CCOC. The predicted molar refractivity (Wildman–Crippen MR) is 42.2 cm³/mol. The predicted octanol–water partition coefficient (Wildman–Crippen LogP) is 1.14. The third kappa shape index (κ3) is 5.61. The lowest BCUT2D eigenvalue weighted by atomic mass is 10.3. The summed E-state index contributed by atoms with van der Waals surface area (Å²) >= 11 is 0. The van der Waals surface area contributed by atoms with Gasteiger partial charge in [-0.15, -0.1) is 0 Å². The fourth-order valence-corrected chi connectivity index (χ4v) is 0.589. The molecule has 0 radical (unpaired) electrons. The quantitative estimate of drug-likeness (QED) is 0.444. The van der Waals surface area contributed by atoms with Crippen molar-refractivity contribution in [3.8, 4) is 0 Å². The van der Waals surface area contributed by atoms with Crippen LogP contribution in [-0.2, 0) is 14.3 Å². The van der Waals surface area contributed by atoms with Crippen molar-refractivity contribution >= 4 is 5.97 Å². The van der Waals surface area contributed by atoms with E-state index in [-0.39, 0.29) is 12.1 Å². The fourth-order valence-electron chi connectivity index (χ4n) is 0.589. The number of carbonyl (C=O) groups excluding carboxylic acids is 1. The van der Waals surface area contributed by atoms with Crippen molar-refractivity contribution in [3.63, 3.8) is 0 Å². The van der Waals surface area contributed by atoms with E-state index in [0.717, 1.165) is 12.5 Å². The van der Waals surface area contributed by atoms with Crippen molar-refractivity contribution in [1.29, 1.82) is 0 Å². The third-order valence-corrected chi connectivity index (χ3v) is 1.21. The molecule has 1 atom stereocenters. The Labute approximate surface area is 67.0 Å². The van der Waals surface area contributed by atoms with Gasteiger partial charge in [-0.1, -0.05) is 6.58 Å². The number of rotatable bonds is 5. The van der Waals surface area contributed by atoms with Crippen LogP contribution in [0.1, 0.15) is 13.3 Å². The van der Waals surface area contributed by atoms with Gasteiger partial charge in [0.15, 0.2) is 0 Å². The molecule has 0 N–H and O–H groups in total. The van der Waals surface area contributed by atoms with Crippen LogP contribution in [0.3, 0.4) is 0 Å². The molecule has 3 nitrogen and oxygen atoms in total. The van der Waals surface area contributed by atoms with Crippen LogP contribution in [0.25, 0.3) is 0 Å². The zero-order chi connectivity index (χ0) is 8.69. The van der Waals surface area contributed by atoms with Crippen molar-refractivity contribution in [3.05, 3.63) is 12.7 Å². The highest BCUT2D eigenvalue weighted by Gasteiger charge is 2.04. The highest BCUT2D eigenvalue weighted by molar-refractivity contribution is 5.81. The second-order valence-electron chi connectivity index (χ2n) is 2.23. The summed E-state index contributed by atoms with van der Waals surface area (Å²) in [6.45, 7) is 5.71. The smallest absolute Gasteiger partial charge is 0.330 e. The molecule has 0 rings (SSSR count). The van der Waals surface area contributed by atoms with E-state index in [0.29, 0.717) is 6.61 Å². The summed E-state index contributed by atoms with van der Waals surface area (Å²) in [5.41, 5.74) is 0. The molecule has 64 valence electrons. The topological polar surface area (TPSA) is 35.5 Å². The van der Waals surface area contributed by atoms with Crippen molar-refractivity contribution in [2.24, 2.45) is 0 Å². The molecule has 11 heavy (non-hydrogen) atoms. The molecule has 0 saturated carbocycles. The van der Waals surface area contributed by atoms with Gasteiger partial charge in [-0.2, -0.15) is 0 Å². The summed E-state index contributed by atoms with van der Waals surface area (Å²) in [5.74, 6) is -0.381. The van der Waals surface area contributed by atoms with E-state index in [1.54, 1.807) is 7.11 Å². The third-order valence-electron chi connectivity index (χ3n) is 1.21. The zero-order valence-corrected chi connectivity index (χ0v) is 7.00. The highest BCUT2D eigenvalue weighted by atomic mass is 16.5. The molecule has 0 spiro atoms. The molecule has 0 heterocycles. The molecule has 1 unspecified atom stereocenters. The lowest BCUT2D eigenvalue weighted by Gasteiger charge is -2.10. The first-order valence-electron chi connectivity index (χ1n) is 3.52. The monoisotopic (exact) mass is 158 g/mol. The largest absolute Gasteiger partial charge is 0.459 e. The second-order valence-corrected chi connectivity index (χ2v) is 2.23. The van der Waals surface area contributed by atoms with Crippen molar-refractivity contribution < 1.29 is 14.3 Å². The maximum Gasteiger partial charge on any atom is 0.330 e. The number of methoxy groups -OCH3 is 1. The minimum atomic E-state index is -0.381. The Kier molecular flexibility index (Phi) is 5.47. The first kappa shape index (κ1) is 10.2. The minimum absolute atomic E-state index is 0.0968. The van der Waals surface area contributed by atoms with E-state index in [1.165, 1.54) is 0 Å². The Morgan fingerprint density at radius 3 is 2.82 bits per heavy atom. The van der Waals surface area contributed by atoms with E-state index in [9.17, 15) is 4.79 Å². The molecular weight excluding hydrogens is 144 g/mol. The lowest BCUT2D eigenvalue weighted by molar-refractivity contribution is -0.142. The molecular formula is C8H14O3. The van der Waals surface area contributed by atoms with Crippen LogP contribution in [0.5, 0.6) is 0 Å². The van der Waals surface area contributed by atoms with Gasteiger partial charge in [0.25, 0.3) is 0 Å². The Balaban J connectivity index is 3.43. The maximum absolute atomic E-state index is 10.6. The Morgan fingerprint density at radius 1 is 1.73 bits per heavy atom. The van der Waals surface area contributed by atoms with Crippen molar-refractivity contribution in [1.82, 2.24) is 0 Å². The highest BCUT2D eigenvalue weighted by Crippen LogP contribution is 1.97. The summed E-state index contributed by atoms with van der Waals surface area (Å²) in [6, 6.07) is 0. The standard InChI is InChI=1S/C8H14O3/c1-4-8(9)11-7(2)5-6-10-3/h4,7H,1,5-6H2,2-3H3. The molecule has 0 aromatic heterocycles. The van der Waals surface area contributed by atoms with Gasteiger partial charge in [0, 0.05) is 26.2 Å². The summed E-state index contributed by atoms with van der Waals surface area (Å²) in [6.07, 6.45) is 1.78. The number of hydrogen-bond donors (Lipinski definition) is 0. The summed E-state index contributed by atoms with van der Waals surface area (Å²) in [4.78, 5) is 10.6. The van der Waals surface area contributed by atoms with Gasteiger partial charge in [-0.05, 0) is 6.92 Å². The lowest BCUT2D eigenvalue weighted by Crippen LogP contribution is -2.14. The van der Waals surface area contributed by atoms with Gasteiger partial charge in [0.1, 0.15) is 6.10 Å². The normalized spacial score (nSPS) is 12.2. The van der Waals surface area contributed by atoms with Crippen LogP contribution in [0.15, 0.2) is 12.7 Å². The van der Waals surface area contributed by atoms with Crippen LogP contribution in [0.2, 0.25) is 0 Å². The number of ether oxygens (including phenoxy) is 2. The molecule has 0 fully saturated rings. The Morgan fingerprint density at radius 2 is 2.36 bits per heavy atom. The number of carbonyl (C=O) groups is 1. The van der Waals surface area contributed by atoms with Gasteiger partial charge in [-0.3, -0.25) is 0 Å². The summed E-state index contributed by atoms with van der Waals surface area (Å²) in [7, 11) is 1.61. The van der Waals surface area contributed by atoms with E-state index in [1.807, 2.05) is 6.92 Å². The van der Waals surface area contributed by atoms with E-state index < -0.39 is 0 Å². The van der Waals surface area contributed by atoms with Crippen LogP contribution in [0.4, 0.5) is 0 Å². The van der Waals surface area contributed by atoms with E-state index in [2.05, 4.69) is 6.58 Å². The zero-order valence-electron chi connectivity index (χ0n) is 7.00. The van der Waals surface area contributed by atoms with E-state index in [4.69, 9.17) is 9.47 Å². The Hall–Kier alpha value is -0.830. The first-order valence-corrected chi connectivity index (χ1v) is 3.52.